The molecular weight excluding hydrogens is 312 g/mol. The lowest BCUT2D eigenvalue weighted by Gasteiger charge is -2.12. The Hall–Kier alpha value is -1.45. The summed E-state index contributed by atoms with van der Waals surface area (Å²) in [6.07, 6.45) is 0. The summed E-state index contributed by atoms with van der Waals surface area (Å²) < 4.78 is 18.5. The minimum absolute atomic E-state index is 0.339. The summed E-state index contributed by atoms with van der Waals surface area (Å²) in [6.45, 7) is 3.04. The minimum Gasteiger partial charge on any atom is -0.494 e. The van der Waals surface area contributed by atoms with Crippen LogP contribution in [0.1, 0.15) is 18.1 Å². The molecule has 0 heterocycles. The lowest BCUT2D eigenvalue weighted by molar-refractivity contribution is 0.337. The maximum absolute atomic E-state index is 13.0. The Morgan fingerprint density at radius 1 is 1.14 bits per heavy atom. The normalized spacial score (nSPS) is 10.5. The van der Waals surface area contributed by atoms with Crippen LogP contribution in [0.2, 0.25) is 5.02 Å². The molecule has 0 amide bonds. The van der Waals surface area contributed by atoms with Crippen molar-refractivity contribution in [3.8, 4) is 5.75 Å². The van der Waals surface area contributed by atoms with Crippen molar-refractivity contribution in [1.82, 2.24) is 0 Å². The summed E-state index contributed by atoms with van der Waals surface area (Å²) >= 11 is 11.9. The third-order valence-electron chi connectivity index (χ3n) is 3.00. The maximum Gasteiger partial charge on any atom is 0.124 e. The zero-order chi connectivity index (χ0) is 15.2. The highest BCUT2D eigenvalue weighted by Gasteiger charge is 2.06. The van der Waals surface area contributed by atoms with Crippen LogP contribution in [-0.4, -0.2) is 6.61 Å². The molecule has 1 N–H and O–H groups in total. The first kappa shape index (κ1) is 15.9. The molecule has 0 bridgehead atoms. The highest BCUT2D eigenvalue weighted by atomic mass is 35.5. The second-order valence-electron chi connectivity index (χ2n) is 4.48. The highest BCUT2D eigenvalue weighted by molar-refractivity contribution is 6.31. The third-order valence-corrected chi connectivity index (χ3v) is 3.64. The van der Waals surface area contributed by atoms with Crippen LogP contribution in [0.5, 0.6) is 5.75 Å². The van der Waals surface area contributed by atoms with E-state index >= 15 is 0 Å². The maximum atomic E-state index is 13.0. The van der Waals surface area contributed by atoms with Gasteiger partial charge in [-0.05, 0) is 42.8 Å². The van der Waals surface area contributed by atoms with E-state index in [4.69, 9.17) is 27.9 Å². The first-order valence-electron chi connectivity index (χ1n) is 6.63. The zero-order valence-electron chi connectivity index (χ0n) is 11.6. The fourth-order valence-corrected chi connectivity index (χ4v) is 2.40. The van der Waals surface area contributed by atoms with Crippen molar-refractivity contribution in [2.45, 2.75) is 19.3 Å². The molecule has 2 aromatic carbocycles. The molecule has 0 saturated carbocycles. The molecule has 2 nitrogen and oxygen atoms in total. The number of ether oxygens (including phenoxy) is 1. The van der Waals surface area contributed by atoms with Crippen molar-refractivity contribution < 1.29 is 9.13 Å². The van der Waals surface area contributed by atoms with Crippen molar-refractivity contribution in [3.05, 3.63) is 58.4 Å². The molecule has 0 aromatic heterocycles. The van der Waals surface area contributed by atoms with E-state index in [1.54, 1.807) is 6.07 Å². The molecule has 0 aliphatic rings. The highest BCUT2D eigenvalue weighted by Crippen LogP contribution is 2.25. The van der Waals surface area contributed by atoms with Gasteiger partial charge in [0.2, 0.25) is 0 Å². The van der Waals surface area contributed by atoms with Crippen LogP contribution in [0.3, 0.4) is 0 Å². The van der Waals surface area contributed by atoms with Crippen LogP contribution in [0.4, 0.5) is 10.1 Å². The van der Waals surface area contributed by atoms with Gasteiger partial charge in [0.15, 0.2) is 0 Å². The summed E-state index contributed by atoms with van der Waals surface area (Å²) in [5.74, 6) is 0.828. The van der Waals surface area contributed by atoms with E-state index in [0.29, 0.717) is 24.1 Å². The molecular formula is C16H16Cl2FNO. The van der Waals surface area contributed by atoms with Gasteiger partial charge in [-0.15, -0.1) is 11.6 Å². The molecule has 5 heteroatoms. The van der Waals surface area contributed by atoms with Gasteiger partial charge in [-0.3, -0.25) is 0 Å². The zero-order valence-corrected chi connectivity index (χ0v) is 13.1. The summed E-state index contributed by atoms with van der Waals surface area (Å²) in [4.78, 5) is 0. The van der Waals surface area contributed by atoms with Crippen LogP contribution in [-0.2, 0) is 12.4 Å². The SMILES string of the molecule is CCOc1ccc(NCc2ccc(F)cc2Cl)cc1CCl. The van der Waals surface area contributed by atoms with Crippen molar-refractivity contribution in [2.75, 3.05) is 11.9 Å². The summed E-state index contributed by atoms with van der Waals surface area (Å²) in [7, 11) is 0. The number of nitrogens with one attached hydrogen (secondary N) is 1. The first-order chi connectivity index (χ1) is 10.1. The van der Waals surface area contributed by atoms with Crippen molar-refractivity contribution in [1.29, 1.82) is 0 Å². The first-order valence-corrected chi connectivity index (χ1v) is 7.54. The Bertz CT molecular complexity index is 619. The van der Waals surface area contributed by atoms with Gasteiger partial charge in [0.1, 0.15) is 11.6 Å². The Kier molecular flexibility index (Phi) is 5.71. The summed E-state index contributed by atoms with van der Waals surface area (Å²) in [5, 5.41) is 3.65. The Balaban J connectivity index is 2.09. The number of rotatable bonds is 6. The fraction of sp³-hybridized carbons (Fsp3) is 0.250. The third kappa shape index (κ3) is 4.26. The fourth-order valence-electron chi connectivity index (χ4n) is 1.95. The minimum atomic E-state index is -0.339. The van der Waals surface area contributed by atoms with Crippen molar-refractivity contribution >= 4 is 28.9 Å². The van der Waals surface area contributed by atoms with Crippen LogP contribution >= 0.6 is 23.2 Å². The molecule has 2 aromatic rings. The Labute approximate surface area is 133 Å². The molecule has 0 spiro atoms. The second-order valence-corrected chi connectivity index (χ2v) is 5.15. The van der Waals surface area contributed by atoms with Crippen molar-refractivity contribution in [2.24, 2.45) is 0 Å². The largest absolute Gasteiger partial charge is 0.494 e. The van der Waals surface area contributed by atoms with Gasteiger partial charge < -0.3 is 10.1 Å². The number of alkyl halides is 1. The van der Waals surface area contributed by atoms with Gasteiger partial charge >= 0.3 is 0 Å². The van der Waals surface area contributed by atoms with E-state index in [-0.39, 0.29) is 5.82 Å². The molecule has 0 unspecified atom stereocenters. The van der Waals surface area contributed by atoms with E-state index in [0.717, 1.165) is 22.6 Å². The summed E-state index contributed by atoms with van der Waals surface area (Å²) in [6, 6.07) is 10.1. The predicted octanol–water partition coefficient (Wildman–Crippen LogP) is 5.23. The van der Waals surface area contributed by atoms with E-state index < -0.39 is 0 Å². The number of anilines is 1. The van der Waals surface area contributed by atoms with Gasteiger partial charge in [0.05, 0.1) is 12.5 Å². The lowest BCUT2D eigenvalue weighted by atomic mass is 10.1. The molecule has 0 aliphatic heterocycles. The van der Waals surface area contributed by atoms with Crippen molar-refractivity contribution in [3.63, 3.8) is 0 Å². The van der Waals surface area contributed by atoms with Gasteiger partial charge in [0.25, 0.3) is 0 Å². The van der Waals surface area contributed by atoms with Gasteiger partial charge in [-0.25, -0.2) is 4.39 Å². The van der Waals surface area contributed by atoms with Gasteiger partial charge in [-0.1, -0.05) is 17.7 Å². The molecule has 0 radical (unpaired) electrons. The monoisotopic (exact) mass is 327 g/mol. The Morgan fingerprint density at radius 2 is 1.95 bits per heavy atom. The molecule has 0 atom stereocenters. The van der Waals surface area contributed by atoms with E-state index in [1.807, 2.05) is 25.1 Å². The molecule has 0 saturated heterocycles. The smallest absolute Gasteiger partial charge is 0.124 e. The van der Waals surface area contributed by atoms with Crippen LogP contribution in [0.15, 0.2) is 36.4 Å². The average molecular weight is 328 g/mol. The van der Waals surface area contributed by atoms with E-state index in [2.05, 4.69) is 5.32 Å². The topological polar surface area (TPSA) is 21.3 Å². The number of halogens is 3. The molecule has 0 fully saturated rings. The van der Waals surface area contributed by atoms with Crippen LogP contribution in [0.25, 0.3) is 0 Å². The standard InChI is InChI=1S/C16H16Cl2FNO/c1-2-21-16-6-5-14(7-12(16)9-17)20-10-11-3-4-13(19)8-15(11)18/h3-8,20H,2,9-10H2,1H3. The number of benzene rings is 2. The number of hydrogen-bond donors (Lipinski definition) is 1. The molecule has 2 rings (SSSR count). The molecule has 21 heavy (non-hydrogen) atoms. The quantitative estimate of drug-likeness (QED) is 0.733. The lowest BCUT2D eigenvalue weighted by Crippen LogP contribution is -2.02. The van der Waals surface area contributed by atoms with Crippen LogP contribution < -0.4 is 10.1 Å². The van der Waals surface area contributed by atoms with Gasteiger partial charge in [-0.2, -0.15) is 0 Å². The van der Waals surface area contributed by atoms with E-state index in [1.165, 1.54) is 12.1 Å². The second kappa shape index (κ2) is 7.53. The summed E-state index contributed by atoms with van der Waals surface area (Å²) in [5.41, 5.74) is 2.67. The van der Waals surface area contributed by atoms with Crippen LogP contribution in [0, 0.1) is 5.82 Å². The van der Waals surface area contributed by atoms with E-state index in [9.17, 15) is 4.39 Å². The predicted molar refractivity (Wildman–Crippen MR) is 85.9 cm³/mol. The number of hydrogen-bond acceptors (Lipinski definition) is 2. The van der Waals surface area contributed by atoms with Gasteiger partial charge in [0, 0.05) is 22.8 Å². The molecule has 112 valence electrons. The molecule has 0 aliphatic carbocycles. The average Bonchev–Trinajstić information content (AvgIpc) is 2.47. The Morgan fingerprint density at radius 3 is 2.62 bits per heavy atom.